The highest BCUT2D eigenvalue weighted by Crippen LogP contribution is 2.26. The Bertz CT molecular complexity index is 558. The second-order valence-electron chi connectivity index (χ2n) is 4.34. The maximum atomic E-state index is 13.7. The van der Waals surface area contributed by atoms with E-state index in [4.69, 9.17) is 5.73 Å². The summed E-state index contributed by atoms with van der Waals surface area (Å²) in [7, 11) is -3.38. The van der Waals surface area contributed by atoms with Crippen LogP contribution in [0.5, 0.6) is 0 Å². The van der Waals surface area contributed by atoms with E-state index in [1.807, 2.05) is 22.6 Å². The van der Waals surface area contributed by atoms with Crippen LogP contribution in [0.1, 0.15) is 19.4 Å². The fourth-order valence-electron chi connectivity index (χ4n) is 1.61. The number of rotatable bonds is 4. The van der Waals surface area contributed by atoms with E-state index in [0.29, 0.717) is 3.57 Å². The fraction of sp³-hybridized carbons (Fsp3) is 0.455. The van der Waals surface area contributed by atoms with Gasteiger partial charge in [0.2, 0.25) is 0 Å². The topological polar surface area (TPSA) is 60.2 Å². The van der Waals surface area contributed by atoms with E-state index in [0.717, 1.165) is 6.07 Å². The molecule has 1 aromatic rings. The molecule has 0 saturated heterocycles. The van der Waals surface area contributed by atoms with Crippen molar-refractivity contribution in [3.8, 4) is 0 Å². The van der Waals surface area contributed by atoms with Gasteiger partial charge in [0.25, 0.3) is 0 Å². The standard InChI is InChI=1S/C11H14F2INO2S/c1-3-18(16,17)6-11(2,15)8-4-7(14)5-9(12)10(8)13/h4-5H,3,6,15H2,1-2H3/t11-/m0/s1. The minimum Gasteiger partial charge on any atom is -0.321 e. The summed E-state index contributed by atoms with van der Waals surface area (Å²) in [5.74, 6) is -2.63. The first-order valence-electron chi connectivity index (χ1n) is 5.23. The molecule has 0 fully saturated rings. The molecule has 0 aromatic heterocycles. The zero-order chi connectivity index (χ0) is 14.1. The summed E-state index contributed by atoms with van der Waals surface area (Å²) < 4.78 is 50.6. The average molecular weight is 389 g/mol. The van der Waals surface area contributed by atoms with Crippen LogP contribution >= 0.6 is 22.6 Å². The van der Waals surface area contributed by atoms with E-state index in [9.17, 15) is 17.2 Å². The van der Waals surface area contributed by atoms with E-state index in [1.54, 1.807) is 0 Å². The van der Waals surface area contributed by atoms with Crippen molar-refractivity contribution in [1.29, 1.82) is 0 Å². The van der Waals surface area contributed by atoms with Crippen molar-refractivity contribution in [1.82, 2.24) is 0 Å². The molecule has 0 saturated carbocycles. The Labute approximate surface area is 119 Å². The predicted molar refractivity (Wildman–Crippen MR) is 74.9 cm³/mol. The van der Waals surface area contributed by atoms with Crippen LogP contribution in [-0.2, 0) is 15.4 Å². The van der Waals surface area contributed by atoms with Crippen molar-refractivity contribution in [2.45, 2.75) is 19.4 Å². The molecule has 3 nitrogen and oxygen atoms in total. The molecule has 1 aromatic carbocycles. The Hall–Kier alpha value is -0.280. The molecule has 0 bridgehead atoms. The SMILES string of the molecule is CCS(=O)(=O)C[C@](C)(N)c1cc(I)cc(F)c1F. The molecule has 0 spiro atoms. The van der Waals surface area contributed by atoms with Crippen LogP contribution in [0.15, 0.2) is 12.1 Å². The summed E-state index contributed by atoms with van der Waals surface area (Å²) >= 11 is 1.82. The van der Waals surface area contributed by atoms with Crippen LogP contribution in [0.25, 0.3) is 0 Å². The van der Waals surface area contributed by atoms with Gasteiger partial charge in [0.05, 0.1) is 11.3 Å². The quantitative estimate of drug-likeness (QED) is 0.635. The zero-order valence-electron chi connectivity index (χ0n) is 10.0. The van der Waals surface area contributed by atoms with Gasteiger partial charge in [-0.05, 0) is 41.6 Å². The van der Waals surface area contributed by atoms with Crippen LogP contribution in [-0.4, -0.2) is 19.9 Å². The molecule has 0 aliphatic heterocycles. The van der Waals surface area contributed by atoms with E-state index < -0.39 is 32.8 Å². The van der Waals surface area contributed by atoms with Crippen LogP contribution in [0.2, 0.25) is 0 Å². The molecule has 0 amide bonds. The highest BCUT2D eigenvalue weighted by Gasteiger charge is 2.31. The van der Waals surface area contributed by atoms with Crippen molar-refractivity contribution in [3.63, 3.8) is 0 Å². The van der Waals surface area contributed by atoms with Crippen molar-refractivity contribution in [3.05, 3.63) is 32.9 Å². The van der Waals surface area contributed by atoms with Crippen LogP contribution < -0.4 is 5.73 Å². The molecule has 7 heteroatoms. The molecule has 0 radical (unpaired) electrons. The lowest BCUT2D eigenvalue weighted by Gasteiger charge is -2.25. The monoisotopic (exact) mass is 389 g/mol. The van der Waals surface area contributed by atoms with E-state index in [2.05, 4.69) is 0 Å². The summed E-state index contributed by atoms with van der Waals surface area (Å²) in [5, 5.41) is 0. The molecule has 1 atom stereocenters. The van der Waals surface area contributed by atoms with E-state index >= 15 is 0 Å². The largest absolute Gasteiger partial charge is 0.321 e. The first kappa shape index (κ1) is 15.8. The molecule has 18 heavy (non-hydrogen) atoms. The van der Waals surface area contributed by atoms with Crippen molar-refractivity contribution in [2.75, 3.05) is 11.5 Å². The molecular weight excluding hydrogens is 375 g/mol. The fourth-order valence-corrected chi connectivity index (χ4v) is 3.47. The Morgan fingerprint density at radius 2 is 1.94 bits per heavy atom. The third-order valence-electron chi connectivity index (χ3n) is 2.57. The second kappa shape index (κ2) is 5.38. The van der Waals surface area contributed by atoms with Gasteiger partial charge in [0.1, 0.15) is 0 Å². The number of benzene rings is 1. The molecule has 1 rings (SSSR count). The minimum absolute atomic E-state index is 0.0895. The smallest absolute Gasteiger partial charge is 0.163 e. The average Bonchev–Trinajstić information content (AvgIpc) is 2.21. The number of sulfone groups is 1. The van der Waals surface area contributed by atoms with Gasteiger partial charge in [-0.1, -0.05) is 6.92 Å². The van der Waals surface area contributed by atoms with Gasteiger partial charge in [-0.3, -0.25) is 0 Å². The van der Waals surface area contributed by atoms with Crippen molar-refractivity contribution in [2.24, 2.45) is 5.73 Å². The first-order chi connectivity index (χ1) is 8.09. The second-order valence-corrected chi connectivity index (χ2v) is 7.94. The maximum Gasteiger partial charge on any atom is 0.163 e. The van der Waals surface area contributed by atoms with Crippen LogP contribution in [0.3, 0.4) is 0 Å². The molecule has 0 aliphatic rings. The summed E-state index contributed by atoms with van der Waals surface area (Å²) in [6, 6.07) is 2.40. The number of nitrogens with two attached hydrogens (primary N) is 1. The van der Waals surface area contributed by atoms with Crippen LogP contribution in [0.4, 0.5) is 8.78 Å². The number of halogens is 3. The third-order valence-corrected chi connectivity index (χ3v) is 5.11. The lowest BCUT2D eigenvalue weighted by atomic mass is 9.95. The summed E-state index contributed by atoms with van der Waals surface area (Å²) in [6.45, 7) is 2.87. The Morgan fingerprint density at radius 1 is 1.39 bits per heavy atom. The molecule has 0 unspecified atom stereocenters. The number of hydrogen-bond acceptors (Lipinski definition) is 3. The lowest BCUT2D eigenvalue weighted by molar-refractivity contribution is 0.452. The summed E-state index contributed by atoms with van der Waals surface area (Å²) in [5.41, 5.74) is 4.27. The predicted octanol–water partition coefficient (Wildman–Crippen LogP) is 2.18. The summed E-state index contributed by atoms with van der Waals surface area (Å²) in [4.78, 5) is 0. The van der Waals surface area contributed by atoms with E-state index in [1.165, 1.54) is 19.9 Å². The van der Waals surface area contributed by atoms with E-state index in [-0.39, 0.29) is 11.3 Å². The zero-order valence-corrected chi connectivity index (χ0v) is 13.0. The van der Waals surface area contributed by atoms with Gasteiger partial charge >= 0.3 is 0 Å². The molecule has 0 heterocycles. The maximum absolute atomic E-state index is 13.7. The summed E-state index contributed by atoms with van der Waals surface area (Å²) in [6.07, 6.45) is 0. The molecule has 0 aliphatic carbocycles. The molecular formula is C11H14F2INO2S. The third kappa shape index (κ3) is 3.61. The van der Waals surface area contributed by atoms with Gasteiger partial charge < -0.3 is 5.73 Å². The van der Waals surface area contributed by atoms with Gasteiger partial charge in [-0.2, -0.15) is 0 Å². The van der Waals surface area contributed by atoms with Gasteiger partial charge in [0.15, 0.2) is 21.5 Å². The first-order valence-corrected chi connectivity index (χ1v) is 8.13. The molecule has 2 N–H and O–H groups in total. The van der Waals surface area contributed by atoms with Gasteiger partial charge in [0, 0.05) is 14.9 Å². The Kier molecular flexibility index (Phi) is 4.71. The molecule has 102 valence electrons. The van der Waals surface area contributed by atoms with Crippen molar-refractivity contribution < 1.29 is 17.2 Å². The lowest BCUT2D eigenvalue weighted by Crippen LogP contribution is -2.42. The minimum atomic E-state index is -3.38. The van der Waals surface area contributed by atoms with Gasteiger partial charge in [-0.25, -0.2) is 17.2 Å². The highest BCUT2D eigenvalue weighted by atomic mass is 127. The van der Waals surface area contributed by atoms with Gasteiger partial charge in [-0.15, -0.1) is 0 Å². The Morgan fingerprint density at radius 3 is 2.44 bits per heavy atom. The van der Waals surface area contributed by atoms with Crippen LogP contribution in [0, 0.1) is 15.2 Å². The highest BCUT2D eigenvalue weighted by molar-refractivity contribution is 14.1. The Balaban J connectivity index is 3.28. The van der Waals surface area contributed by atoms with Crippen molar-refractivity contribution >= 4 is 32.4 Å². The number of hydrogen-bond donors (Lipinski definition) is 1. The normalized spacial score (nSPS) is 15.4.